The molecule has 1 aromatic carbocycles. The Kier molecular flexibility index (Phi) is 3.37. The van der Waals surface area contributed by atoms with Crippen LogP contribution in [0.25, 0.3) is 0 Å². The normalized spacial score (nSPS) is 25.1. The van der Waals surface area contributed by atoms with Crippen LogP contribution in [0.1, 0.15) is 5.56 Å². The number of nitro benzene ring substituents is 1. The quantitative estimate of drug-likeness (QED) is 0.571. The van der Waals surface area contributed by atoms with Gasteiger partial charge in [-0.15, -0.1) is 0 Å². The van der Waals surface area contributed by atoms with Crippen molar-refractivity contribution in [3.8, 4) is 0 Å². The van der Waals surface area contributed by atoms with Crippen molar-refractivity contribution in [3.05, 3.63) is 39.9 Å². The summed E-state index contributed by atoms with van der Waals surface area (Å²) >= 11 is 0. The lowest BCUT2D eigenvalue weighted by Gasteiger charge is -2.14. The predicted octanol–water partition coefficient (Wildman–Crippen LogP) is 0.0650. The summed E-state index contributed by atoms with van der Waals surface area (Å²) in [5.74, 6) is 0. The maximum atomic E-state index is 10.9. The lowest BCUT2D eigenvalue weighted by Crippen LogP contribution is -2.39. The van der Waals surface area contributed by atoms with Crippen LogP contribution < -0.4 is 11.5 Å². The number of hydrogen-bond donors (Lipinski definition) is 2. The summed E-state index contributed by atoms with van der Waals surface area (Å²) in [4.78, 5) is 12.6. The van der Waals surface area contributed by atoms with E-state index in [1.807, 2.05) is 0 Å². The molecule has 1 saturated heterocycles. The van der Waals surface area contributed by atoms with Gasteiger partial charge in [-0.3, -0.25) is 15.0 Å². The van der Waals surface area contributed by atoms with Gasteiger partial charge in [-0.1, -0.05) is 18.2 Å². The van der Waals surface area contributed by atoms with Gasteiger partial charge in [0.15, 0.2) is 0 Å². The molecule has 0 saturated carbocycles. The van der Waals surface area contributed by atoms with Gasteiger partial charge >= 0.3 is 0 Å². The van der Waals surface area contributed by atoms with E-state index in [0.29, 0.717) is 25.2 Å². The molecule has 1 aromatic rings. The van der Waals surface area contributed by atoms with Gasteiger partial charge in [0.1, 0.15) is 0 Å². The Bertz CT molecular complexity index is 414. The lowest BCUT2D eigenvalue weighted by atomic mass is 10.1. The number of para-hydroxylation sites is 1. The van der Waals surface area contributed by atoms with Crippen LogP contribution in [0.5, 0.6) is 0 Å². The van der Waals surface area contributed by atoms with Crippen molar-refractivity contribution in [2.45, 2.75) is 18.6 Å². The van der Waals surface area contributed by atoms with Gasteiger partial charge < -0.3 is 11.5 Å². The number of benzene rings is 1. The number of nitro groups is 1. The molecule has 0 radical (unpaired) electrons. The molecule has 1 fully saturated rings. The van der Waals surface area contributed by atoms with Gasteiger partial charge in [0.05, 0.1) is 4.92 Å². The van der Waals surface area contributed by atoms with Crippen LogP contribution >= 0.6 is 0 Å². The van der Waals surface area contributed by atoms with Crippen LogP contribution in [0.4, 0.5) is 5.69 Å². The lowest BCUT2D eigenvalue weighted by molar-refractivity contribution is -0.385. The highest BCUT2D eigenvalue weighted by Gasteiger charge is 2.28. The van der Waals surface area contributed by atoms with Crippen molar-refractivity contribution in [2.24, 2.45) is 11.5 Å². The van der Waals surface area contributed by atoms with Gasteiger partial charge in [0.2, 0.25) is 0 Å². The van der Waals surface area contributed by atoms with E-state index in [0.717, 1.165) is 0 Å². The van der Waals surface area contributed by atoms with Crippen LogP contribution in [0.2, 0.25) is 0 Å². The number of likely N-dealkylation sites (tertiary alicyclic amines) is 1. The third kappa shape index (κ3) is 2.60. The number of nitrogens with zero attached hydrogens (tertiary/aromatic N) is 2. The Morgan fingerprint density at radius 1 is 1.29 bits per heavy atom. The molecule has 2 rings (SSSR count). The van der Waals surface area contributed by atoms with Crippen molar-refractivity contribution in [1.29, 1.82) is 0 Å². The molecular formula is C11H16N4O2. The van der Waals surface area contributed by atoms with Crippen molar-refractivity contribution in [2.75, 3.05) is 13.1 Å². The van der Waals surface area contributed by atoms with E-state index in [4.69, 9.17) is 11.5 Å². The summed E-state index contributed by atoms with van der Waals surface area (Å²) in [6.07, 6.45) is 0. The minimum Gasteiger partial charge on any atom is -0.325 e. The first-order valence-corrected chi connectivity index (χ1v) is 5.53. The molecule has 0 aromatic heterocycles. The van der Waals surface area contributed by atoms with Gasteiger partial charge in [-0.05, 0) is 0 Å². The number of hydrogen-bond acceptors (Lipinski definition) is 5. The van der Waals surface area contributed by atoms with E-state index in [1.54, 1.807) is 18.2 Å². The van der Waals surface area contributed by atoms with Crippen molar-refractivity contribution < 1.29 is 4.92 Å². The van der Waals surface area contributed by atoms with Crippen LogP contribution in [0.3, 0.4) is 0 Å². The first kappa shape index (κ1) is 12.0. The van der Waals surface area contributed by atoms with Crippen molar-refractivity contribution in [1.82, 2.24) is 4.90 Å². The first-order chi connectivity index (χ1) is 8.08. The van der Waals surface area contributed by atoms with E-state index in [-0.39, 0.29) is 22.7 Å². The zero-order chi connectivity index (χ0) is 12.4. The molecule has 2 atom stereocenters. The second kappa shape index (κ2) is 4.79. The zero-order valence-corrected chi connectivity index (χ0v) is 9.45. The third-order valence-corrected chi connectivity index (χ3v) is 3.07. The SMILES string of the molecule is NC1CN(Cc2ccccc2[N+](=O)[O-])CC1N. The molecule has 0 bridgehead atoms. The minimum atomic E-state index is -0.356. The number of nitrogens with two attached hydrogens (primary N) is 2. The summed E-state index contributed by atoms with van der Waals surface area (Å²) in [6.45, 7) is 1.90. The molecule has 0 aliphatic carbocycles. The van der Waals surface area contributed by atoms with E-state index in [1.165, 1.54) is 6.07 Å². The summed E-state index contributed by atoms with van der Waals surface area (Å²) in [6, 6.07) is 6.68. The minimum absolute atomic E-state index is 0.0437. The Morgan fingerprint density at radius 3 is 2.47 bits per heavy atom. The molecule has 1 heterocycles. The van der Waals surface area contributed by atoms with Crippen LogP contribution in [-0.2, 0) is 6.54 Å². The van der Waals surface area contributed by atoms with Crippen LogP contribution in [0, 0.1) is 10.1 Å². The van der Waals surface area contributed by atoms with Crippen molar-refractivity contribution >= 4 is 5.69 Å². The molecule has 0 amide bonds. The molecule has 0 spiro atoms. The molecule has 1 aliphatic rings. The van der Waals surface area contributed by atoms with Crippen molar-refractivity contribution in [3.63, 3.8) is 0 Å². The van der Waals surface area contributed by atoms with Crippen LogP contribution in [0.15, 0.2) is 24.3 Å². The zero-order valence-electron chi connectivity index (χ0n) is 9.45. The third-order valence-electron chi connectivity index (χ3n) is 3.07. The smallest absolute Gasteiger partial charge is 0.273 e. The topological polar surface area (TPSA) is 98.4 Å². The van der Waals surface area contributed by atoms with E-state index in [2.05, 4.69) is 4.90 Å². The Morgan fingerprint density at radius 2 is 1.88 bits per heavy atom. The van der Waals surface area contributed by atoms with Gasteiger partial charge in [-0.25, -0.2) is 0 Å². The standard InChI is InChI=1S/C11H16N4O2/c12-9-6-14(7-10(9)13)5-8-3-1-2-4-11(8)15(16)17/h1-4,9-10H,5-7,12-13H2. The Hall–Kier alpha value is -1.50. The predicted molar refractivity (Wildman–Crippen MR) is 64.3 cm³/mol. The van der Waals surface area contributed by atoms with E-state index >= 15 is 0 Å². The summed E-state index contributed by atoms with van der Waals surface area (Å²) in [7, 11) is 0. The highest BCUT2D eigenvalue weighted by atomic mass is 16.6. The fourth-order valence-corrected chi connectivity index (χ4v) is 2.13. The summed E-state index contributed by atoms with van der Waals surface area (Å²) < 4.78 is 0. The maximum Gasteiger partial charge on any atom is 0.273 e. The molecule has 4 N–H and O–H groups in total. The fraction of sp³-hybridized carbons (Fsp3) is 0.455. The summed E-state index contributed by atoms with van der Waals surface area (Å²) in [5, 5.41) is 10.9. The Labute approximate surface area is 99.3 Å². The Balaban J connectivity index is 2.11. The van der Waals surface area contributed by atoms with Gasteiger partial charge in [0.25, 0.3) is 5.69 Å². The first-order valence-electron chi connectivity index (χ1n) is 5.53. The largest absolute Gasteiger partial charge is 0.325 e. The molecule has 6 heteroatoms. The highest BCUT2D eigenvalue weighted by molar-refractivity contribution is 5.39. The molecule has 2 unspecified atom stereocenters. The van der Waals surface area contributed by atoms with Gasteiger partial charge in [0, 0.05) is 43.3 Å². The average molecular weight is 236 g/mol. The van der Waals surface area contributed by atoms with E-state index in [9.17, 15) is 10.1 Å². The second-order valence-corrected chi connectivity index (χ2v) is 4.41. The average Bonchev–Trinajstić information content (AvgIpc) is 2.58. The highest BCUT2D eigenvalue weighted by Crippen LogP contribution is 2.21. The monoisotopic (exact) mass is 236 g/mol. The molecular weight excluding hydrogens is 220 g/mol. The van der Waals surface area contributed by atoms with E-state index < -0.39 is 0 Å². The summed E-state index contributed by atoms with van der Waals surface area (Å²) in [5.41, 5.74) is 12.5. The fourth-order valence-electron chi connectivity index (χ4n) is 2.13. The second-order valence-electron chi connectivity index (χ2n) is 4.41. The maximum absolute atomic E-state index is 10.9. The van der Waals surface area contributed by atoms with Crippen LogP contribution in [-0.4, -0.2) is 35.0 Å². The molecule has 6 nitrogen and oxygen atoms in total. The van der Waals surface area contributed by atoms with Gasteiger partial charge in [-0.2, -0.15) is 0 Å². The molecule has 92 valence electrons. The molecule has 1 aliphatic heterocycles. The molecule has 17 heavy (non-hydrogen) atoms. The number of rotatable bonds is 3.